The summed E-state index contributed by atoms with van der Waals surface area (Å²) in [6.45, 7) is 4.00. The number of hydrazine groups is 1. The second kappa shape index (κ2) is 6.61. The fraction of sp³-hybridized carbons (Fsp3) is 0.643. The maximum atomic E-state index is 5.67. The molecule has 19 heavy (non-hydrogen) atoms. The number of hydrogen-bond donors (Lipinski definition) is 2. The van der Waals surface area contributed by atoms with Crippen LogP contribution in [0, 0.1) is 6.92 Å². The van der Waals surface area contributed by atoms with Crippen LogP contribution in [-0.4, -0.2) is 22.1 Å². The molecule has 1 aromatic rings. The number of nitrogens with two attached hydrogens (primary N) is 1. The molecular weight excluding hydrogens is 238 g/mol. The van der Waals surface area contributed by atoms with E-state index in [0.717, 1.165) is 42.0 Å². The third-order valence-electron chi connectivity index (χ3n) is 3.61. The first-order valence-electron chi connectivity index (χ1n) is 7.12. The molecule has 0 atom stereocenters. The van der Waals surface area contributed by atoms with Crippen LogP contribution in [0.2, 0.25) is 0 Å². The average Bonchev–Trinajstić information content (AvgIpc) is 2.46. The first kappa shape index (κ1) is 13.9. The third-order valence-corrected chi connectivity index (χ3v) is 3.61. The van der Waals surface area contributed by atoms with E-state index in [2.05, 4.69) is 22.5 Å². The van der Waals surface area contributed by atoms with E-state index in [1.54, 1.807) is 0 Å². The molecule has 2 rings (SSSR count). The fourth-order valence-electron chi connectivity index (χ4n) is 2.56. The van der Waals surface area contributed by atoms with Gasteiger partial charge in [-0.2, -0.15) is 10.2 Å². The maximum absolute atomic E-state index is 5.67. The molecule has 1 aromatic heterocycles. The van der Waals surface area contributed by atoms with Gasteiger partial charge < -0.3 is 5.43 Å². The first-order chi connectivity index (χ1) is 9.24. The Balaban J connectivity index is 2.29. The highest BCUT2D eigenvalue weighted by Gasteiger charge is 2.16. The van der Waals surface area contributed by atoms with Gasteiger partial charge in [0.1, 0.15) is 5.84 Å². The quantitative estimate of drug-likeness (QED) is 0.377. The van der Waals surface area contributed by atoms with Gasteiger partial charge in [0.05, 0.1) is 17.4 Å². The molecule has 5 nitrogen and oxygen atoms in total. The van der Waals surface area contributed by atoms with Gasteiger partial charge in [-0.15, -0.1) is 0 Å². The number of aromatic nitrogens is 2. The second-order valence-corrected chi connectivity index (χ2v) is 5.11. The van der Waals surface area contributed by atoms with Gasteiger partial charge in [-0.3, -0.25) is 4.99 Å². The monoisotopic (exact) mass is 261 g/mol. The minimum absolute atomic E-state index is 0.387. The molecule has 5 heteroatoms. The highest BCUT2D eigenvalue weighted by molar-refractivity contribution is 5.99. The number of rotatable bonds is 3. The molecular formula is C14H23N5. The summed E-state index contributed by atoms with van der Waals surface area (Å²) < 4.78 is 0. The maximum Gasteiger partial charge on any atom is 0.144 e. The summed E-state index contributed by atoms with van der Waals surface area (Å²) in [6, 6.07) is 2.39. The summed E-state index contributed by atoms with van der Waals surface area (Å²) in [6.07, 6.45) is 7.00. The zero-order valence-corrected chi connectivity index (χ0v) is 11.8. The number of nitrogens with zero attached hydrogens (tertiary/aromatic N) is 3. The van der Waals surface area contributed by atoms with Crippen LogP contribution < -0.4 is 11.3 Å². The number of nitrogens with one attached hydrogen (secondary N) is 1. The number of aryl methyl sites for hydroxylation is 2. The Morgan fingerprint density at radius 2 is 2.11 bits per heavy atom. The lowest BCUT2D eigenvalue weighted by Gasteiger charge is -2.19. The largest absolute Gasteiger partial charge is 0.308 e. The van der Waals surface area contributed by atoms with Crippen molar-refractivity contribution < 1.29 is 0 Å². The lowest BCUT2D eigenvalue weighted by Crippen LogP contribution is -2.34. The van der Waals surface area contributed by atoms with Gasteiger partial charge in [-0.05, 0) is 32.3 Å². The number of amidine groups is 1. The molecule has 1 saturated carbocycles. The van der Waals surface area contributed by atoms with Crippen LogP contribution in [-0.2, 0) is 6.42 Å². The zero-order valence-electron chi connectivity index (χ0n) is 11.8. The molecule has 0 amide bonds. The van der Waals surface area contributed by atoms with Crippen molar-refractivity contribution in [3.8, 4) is 0 Å². The Hall–Kier alpha value is -1.49. The van der Waals surface area contributed by atoms with Gasteiger partial charge in [-0.25, -0.2) is 5.84 Å². The highest BCUT2D eigenvalue weighted by Crippen LogP contribution is 2.21. The Labute approximate surface area is 114 Å². The van der Waals surface area contributed by atoms with Crippen molar-refractivity contribution in [2.24, 2.45) is 10.8 Å². The van der Waals surface area contributed by atoms with E-state index in [4.69, 9.17) is 10.8 Å². The first-order valence-corrected chi connectivity index (χ1v) is 7.12. The van der Waals surface area contributed by atoms with Crippen molar-refractivity contribution in [3.63, 3.8) is 0 Å². The Morgan fingerprint density at radius 1 is 1.37 bits per heavy atom. The molecule has 0 bridgehead atoms. The molecule has 104 valence electrons. The molecule has 0 unspecified atom stereocenters. The van der Waals surface area contributed by atoms with E-state index >= 15 is 0 Å². The van der Waals surface area contributed by atoms with Crippen LogP contribution in [0.25, 0.3) is 0 Å². The van der Waals surface area contributed by atoms with Crippen LogP contribution in [0.15, 0.2) is 11.1 Å². The fourth-order valence-corrected chi connectivity index (χ4v) is 2.56. The lowest BCUT2D eigenvalue weighted by molar-refractivity contribution is 0.442. The molecule has 1 aliphatic carbocycles. The second-order valence-electron chi connectivity index (χ2n) is 5.11. The molecule has 3 N–H and O–H groups in total. The van der Waals surface area contributed by atoms with E-state index in [-0.39, 0.29) is 0 Å². The van der Waals surface area contributed by atoms with E-state index in [1.165, 1.54) is 19.3 Å². The van der Waals surface area contributed by atoms with Gasteiger partial charge in [-0.1, -0.05) is 26.2 Å². The smallest absolute Gasteiger partial charge is 0.144 e. The molecule has 0 aromatic carbocycles. The zero-order chi connectivity index (χ0) is 13.7. The Morgan fingerprint density at radius 3 is 2.74 bits per heavy atom. The van der Waals surface area contributed by atoms with E-state index in [0.29, 0.717) is 6.04 Å². The van der Waals surface area contributed by atoms with Crippen LogP contribution in [0.1, 0.15) is 56.0 Å². The topological polar surface area (TPSA) is 76.2 Å². The third kappa shape index (κ3) is 3.50. The lowest BCUT2D eigenvalue weighted by atomic mass is 9.96. The summed E-state index contributed by atoms with van der Waals surface area (Å²) in [4.78, 5) is 4.79. The van der Waals surface area contributed by atoms with Crippen molar-refractivity contribution >= 4 is 5.84 Å². The molecule has 0 aliphatic heterocycles. The standard InChI is InChI=1S/C14H23N5/c1-3-13-12(9-10(2)18-19-13)14(17-15)16-11-7-5-4-6-8-11/h9,11H,3-8,15H2,1-2H3,(H,16,17). The highest BCUT2D eigenvalue weighted by atomic mass is 15.3. The van der Waals surface area contributed by atoms with Gasteiger partial charge in [0.2, 0.25) is 0 Å². The van der Waals surface area contributed by atoms with Gasteiger partial charge in [0.15, 0.2) is 0 Å². The predicted octanol–water partition coefficient (Wildman–Crippen LogP) is 1.89. The Bertz CT molecular complexity index is 449. The Kier molecular flexibility index (Phi) is 4.85. The van der Waals surface area contributed by atoms with Crippen LogP contribution in [0.4, 0.5) is 0 Å². The van der Waals surface area contributed by atoms with Crippen molar-refractivity contribution in [3.05, 3.63) is 23.0 Å². The summed E-state index contributed by atoms with van der Waals surface area (Å²) in [5.74, 6) is 6.42. The van der Waals surface area contributed by atoms with Gasteiger partial charge >= 0.3 is 0 Å². The van der Waals surface area contributed by atoms with E-state index in [1.807, 2.05) is 13.0 Å². The molecule has 1 fully saturated rings. The van der Waals surface area contributed by atoms with Gasteiger partial charge in [0, 0.05) is 5.56 Å². The molecule has 1 heterocycles. The molecule has 0 spiro atoms. The molecule has 0 saturated heterocycles. The van der Waals surface area contributed by atoms with Crippen molar-refractivity contribution in [1.29, 1.82) is 0 Å². The summed E-state index contributed by atoms with van der Waals surface area (Å²) in [5, 5.41) is 8.33. The number of aliphatic imine (C=N–C) groups is 1. The van der Waals surface area contributed by atoms with Crippen molar-refractivity contribution in [2.75, 3.05) is 0 Å². The van der Waals surface area contributed by atoms with Crippen LogP contribution >= 0.6 is 0 Å². The van der Waals surface area contributed by atoms with E-state index < -0.39 is 0 Å². The minimum atomic E-state index is 0.387. The predicted molar refractivity (Wildman–Crippen MR) is 76.9 cm³/mol. The average molecular weight is 261 g/mol. The number of hydrogen-bond acceptors (Lipinski definition) is 4. The van der Waals surface area contributed by atoms with Crippen molar-refractivity contribution in [1.82, 2.24) is 15.6 Å². The van der Waals surface area contributed by atoms with E-state index in [9.17, 15) is 0 Å². The minimum Gasteiger partial charge on any atom is -0.308 e. The molecule has 1 aliphatic rings. The summed E-state index contributed by atoms with van der Waals surface area (Å²) in [5.41, 5.74) is 5.57. The SMILES string of the molecule is CCc1nnc(C)cc1C(=NC1CCCCC1)NN. The summed E-state index contributed by atoms with van der Waals surface area (Å²) in [7, 11) is 0. The normalized spacial score (nSPS) is 17.5. The summed E-state index contributed by atoms with van der Waals surface area (Å²) >= 11 is 0. The van der Waals surface area contributed by atoms with Gasteiger partial charge in [0.25, 0.3) is 0 Å². The molecule has 0 radical (unpaired) electrons. The van der Waals surface area contributed by atoms with Crippen LogP contribution in [0.3, 0.4) is 0 Å². The van der Waals surface area contributed by atoms with Crippen molar-refractivity contribution in [2.45, 2.75) is 58.4 Å². The van der Waals surface area contributed by atoms with Crippen LogP contribution in [0.5, 0.6) is 0 Å².